The van der Waals surface area contributed by atoms with Gasteiger partial charge in [-0.15, -0.1) is 0 Å². The summed E-state index contributed by atoms with van der Waals surface area (Å²) < 4.78 is 5.02. The molecule has 5 heteroatoms. The second-order valence-corrected chi connectivity index (χ2v) is 4.81. The van der Waals surface area contributed by atoms with E-state index in [9.17, 15) is 10.1 Å². The standard InChI is InChI=1S/C14H17N3O2/c1-3-19-13(18)14(2,8-15)12-10-6-4-5-7-11(10)16-9-17-12/h9H,3-7H2,1-2H3. The highest BCUT2D eigenvalue weighted by atomic mass is 16.5. The molecule has 0 fully saturated rings. The third kappa shape index (κ3) is 2.30. The summed E-state index contributed by atoms with van der Waals surface area (Å²) >= 11 is 0. The van der Waals surface area contributed by atoms with E-state index in [0.29, 0.717) is 5.69 Å². The largest absolute Gasteiger partial charge is 0.465 e. The van der Waals surface area contributed by atoms with E-state index in [1.54, 1.807) is 13.8 Å². The quantitative estimate of drug-likeness (QED) is 0.772. The number of carbonyl (C=O) groups excluding carboxylic acids is 1. The van der Waals surface area contributed by atoms with Crippen LogP contribution in [-0.2, 0) is 27.8 Å². The molecule has 0 aliphatic heterocycles. The van der Waals surface area contributed by atoms with E-state index in [4.69, 9.17) is 4.74 Å². The Labute approximate surface area is 112 Å². The maximum atomic E-state index is 12.1. The number of hydrogen-bond acceptors (Lipinski definition) is 5. The molecule has 0 amide bonds. The lowest BCUT2D eigenvalue weighted by molar-refractivity contribution is -0.147. The van der Waals surface area contributed by atoms with E-state index in [1.165, 1.54) is 6.33 Å². The maximum absolute atomic E-state index is 12.1. The molecular formula is C14H17N3O2. The Balaban J connectivity index is 2.50. The molecule has 0 bridgehead atoms. The Morgan fingerprint density at radius 3 is 2.89 bits per heavy atom. The van der Waals surface area contributed by atoms with Gasteiger partial charge in [0.15, 0.2) is 5.41 Å². The second-order valence-electron chi connectivity index (χ2n) is 4.81. The molecule has 100 valence electrons. The van der Waals surface area contributed by atoms with Crippen molar-refractivity contribution in [3.05, 3.63) is 23.3 Å². The predicted octanol–water partition coefficient (Wildman–Crippen LogP) is 1.70. The van der Waals surface area contributed by atoms with Gasteiger partial charge in [-0.1, -0.05) is 0 Å². The highest BCUT2D eigenvalue weighted by Crippen LogP contribution is 2.31. The summed E-state index contributed by atoms with van der Waals surface area (Å²) in [5.41, 5.74) is 1.08. The second kappa shape index (κ2) is 5.35. The van der Waals surface area contributed by atoms with Crippen LogP contribution in [0.4, 0.5) is 0 Å². The topological polar surface area (TPSA) is 75.9 Å². The lowest BCUT2D eigenvalue weighted by Gasteiger charge is -2.24. The molecule has 0 aromatic carbocycles. The van der Waals surface area contributed by atoms with Crippen LogP contribution in [0.25, 0.3) is 0 Å². The molecule has 5 nitrogen and oxygen atoms in total. The van der Waals surface area contributed by atoms with E-state index in [1.807, 2.05) is 0 Å². The normalized spacial score (nSPS) is 16.9. The van der Waals surface area contributed by atoms with Gasteiger partial charge >= 0.3 is 5.97 Å². The SMILES string of the molecule is CCOC(=O)C(C)(C#N)c1ncnc2c1CCCC2. The van der Waals surface area contributed by atoms with Crippen molar-refractivity contribution >= 4 is 5.97 Å². The Morgan fingerprint density at radius 1 is 1.47 bits per heavy atom. The van der Waals surface area contributed by atoms with Gasteiger partial charge in [0.05, 0.1) is 18.4 Å². The molecule has 0 saturated carbocycles. The summed E-state index contributed by atoms with van der Waals surface area (Å²) in [6.07, 6.45) is 5.27. The minimum atomic E-state index is -1.35. The molecular weight excluding hydrogens is 242 g/mol. The minimum Gasteiger partial charge on any atom is -0.465 e. The summed E-state index contributed by atoms with van der Waals surface area (Å²) in [5, 5.41) is 9.43. The van der Waals surface area contributed by atoms with Gasteiger partial charge in [0.25, 0.3) is 0 Å². The van der Waals surface area contributed by atoms with Crippen molar-refractivity contribution in [2.24, 2.45) is 0 Å². The summed E-state index contributed by atoms with van der Waals surface area (Å²) in [6, 6.07) is 2.06. The number of carbonyl (C=O) groups is 1. The first-order valence-electron chi connectivity index (χ1n) is 6.55. The Hall–Kier alpha value is -1.96. The average molecular weight is 259 g/mol. The fourth-order valence-corrected chi connectivity index (χ4v) is 2.42. The fraction of sp³-hybridized carbons (Fsp3) is 0.571. The van der Waals surface area contributed by atoms with Crippen LogP contribution >= 0.6 is 0 Å². The van der Waals surface area contributed by atoms with E-state index in [0.717, 1.165) is 36.9 Å². The number of rotatable bonds is 3. The van der Waals surface area contributed by atoms with Crippen molar-refractivity contribution < 1.29 is 9.53 Å². The smallest absolute Gasteiger partial charge is 0.332 e. The highest BCUT2D eigenvalue weighted by molar-refractivity contribution is 5.86. The van der Waals surface area contributed by atoms with Crippen LogP contribution in [0.2, 0.25) is 0 Å². The molecule has 0 spiro atoms. The van der Waals surface area contributed by atoms with Crippen molar-refractivity contribution in [1.29, 1.82) is 5.26 Å². The van der Waals surface area contributed by atoms with Gasteiger partial charge in [0.1, 0.15) is 6.33 Å². The number of aromatic nitrogens is 2. The lowest BCUT2D eigenvalue weighted by atomic mass is 9.81. The lowest BCUT2D eigenvalue weighted by Crippen LogP contribution is -2.36. The molecule has 19 heavy (non-hydrogen) atoms. The van der Waals surface area contributed by atoms with Crippen molar-refractivity contribution in [2.45, 2.75) is 44.9 Å². The third-order valence-electron chi connectivity index (χ3n) is 3.51. The maximum Gasteiger partial charge on any atom is 0.332 e. The predicted molar refractivity (Wildman–Crippen MR) is 68.3 cm³/mol. The van der Waals surface area contributed by atoms with Crippen molar-refractivity contribution in [1.82, 2.24) is 9.97 Å². The summed E-state index contributed by atoms with van der Waals surface area (Å²) in [4.78, 5) is 20.5. The first-order valence-corrected chi connectivity index (χ1v) is 6.55. The molecule has 1 atom stereocenters. The number of esters is 1. The minimum absolute atomic E-state index is 0.253. The van der Waals surface area contributed by atoms with Gasteiger partial charge in [-0.2, -0.15) is 5.26 Å². The number of nitrogens with zero attached hydrogens (tertiary/aromatic N) is 3. The molecule has 1 heterocycles. The first-order chi connectivity index (χ1) is 9.13. The Kier molecular flexibility index (Phi) is 3.79. The van der Waals surface area contributed by atoms with E-state index in [2.05, 4.69) is 16.0 Å². The molecule has 0 N–H and O–H groups in total. The molecule has 2 rings (SSSR count). The van der Waals surface area contributed by atoms with E-state index < -0.39 is 11.4 Å². The fourth-order valence-electron chi connectivity index (χ4n) is 2.42. The molecule has 1 aliphatic carbocycles. The van der Waals surface area contributed by atoms with Crippen LogP contribution in [0.1, 0.15) is 43.6 Å². The van der Waals surface area contributed by atoms with Crippen LogP contribution in [0.3, 0.4) is 0 Å². The molecule has 1 aromatic heterocycles. The van der Waals surface area contributed by atoms with Gasteiger partial charge in [0, 0.05) is 5.69 Å². The Bertz CT molecular complexity index is 536. The number of aryl methyl sites for hydroxylation is 1. The molecule has 1 aromatic rings. The van der Waals surface area contributed by atoms with Gasteiger partial charge in [-0.25, -0.2) is 14.8 Å². The van der Waals surface area contributed by atoms with E-state index >= 15 is 0 Å². The van der Waals surface area contributed by atoms with Gasteiger partial charge in [0.2, 0.25) is 0 Å². The zero-order valence-corrected chi connectivity index (χ0v) is 11.3. The molecule has 1 unspecified atom stereocenters. The number of hydrogen-bond donors (Lipinski definition) is 0. The van der Waals surface area contributed by atoms with Crippen LogP contribution in [0.5, 0.6) is 0 Å². The van der Waals surface area contributed by atoms with Crippen LogP contribution < -0.4 is 0 Å². The zero-order chi connectivity index (χ0) is 13.9. The van der Waals surface area contributed by atoms with E-state index in [-0.39, 0.29) is 6.61 Å². The number of ether oxygens (including phenoxy) is 1. The summed E-state index contributed by atoms with van der Waals surface area (Å²) in [6.45, 7) is 3.55. The van der Waals surface area contributed by atoms with Gasteiger partial charge < -0.3 is 4.74 Å². The average Bonchev–Trinajstić information content (AvgIpc) is 2.46. The zero-order valence-electron chi connectivity index (χ0n) is 11.3. The number of nitriles is 1. The molecule has 0 radical (unpaired) electrons. The summed E-state index contributed by atoms with van der Waals surface area (Å²) in [7, 11) is 0. The molecule has 0 saturated heterocycles. The van der Waals surface area contributed by atoms with Crippen molar-refractivity contribution in [3.8, 4) is 6.07 Å². The van der Waals surface area contributed by atoms with Crippen LogP contribution in [0, 0.1) is 11.3 Å². The third-order valence-corrected chi connectivity index (χ3v) is 3.51. The summed E-state index contributed by atoms with van der Waals surface area (Å²) in [5.74, 6) is -0.538. The monoisotopic (exact) mass is 259 g/mol. The Morgan fingerprint density at radius 2 is 2.21 bits per heavy atom. The van der Waals surface area contributed by atoms with Gasteiger partial charge in [-0.05, 0) is 45.1 Å². The molecule has 1 aliphatic rings. The van der Waals surface area contributed by atoms with Crippen LogP contribution in [-0.4, -0.2) is 22.5 Å². The van der Waals surface area contributed by atoms with Crippen molar-refractivity contribution in [3.63, 3.8) is 0 Å². The first kappa shape index (κ1) is 13.5. The van der Waals surface area contributed by atoms with Crippen LogP contribution in [0.15, 0.2) is 6.33 Å². The number of fused-ring (bicyclic) bond motifs is 1. The van der Waals surface area contributed by atoms with Gasteiger partial charge in [-0.3, -0.25) is 0 Å². The van der Waals surface area contributed by atoms with Crippen molar-refractivity contribution in [2.75, 3.05) is 6.61 Å². The highest BCUT2D eigenvalue weighted by Gasteiger charge is 2.41.